The van der Waals surface area contributed by atoms with E-state index in [1.54, 1.807) is 0 Å². The number of hydrogen-bond donors (Lipinski definition) is 0. The van der Waals surface area contributed by atoms with E-state index < -0.39 is 0 Å². The van der Waals surface area contributed by atoms with Crippen molar-refractivity contribution in [2.45, 2.75) is 64.4 Å². The number of nitrogens with zero attached hydrogens (tertiary/aromatic N) is 3. The summed E-state index contributed by atoms with van der Waals surface area (Å²) in [5.41, 5.74) is 1.19. The molecule has 2 aliphatic rings. The maximum atomic E-state index is 12.5. The summed E-state index contributed by atoms with van der Waals surface area (Å²) in [6, 6.07) is 7.89. The average Bonchev–Trinajstić information content (AvgIpc) is 3.40. The summed E-state index contributed by atoms with van der Waals surface area (Å²) in [4.78, 5) is 19.0. The molecule has 1 saturated carbocycles. The first-order chi connectivity index (χ1) is 13.7. The fourth-order valence-electron chi connectivity index (χ4n) is 4.25. The lowest BCUT2D eigenvalue weighted by molar-refractivity contribution is -0.133. The van der Waals surface area contributed by atoms with Crippen molar-refractivity contribution in [2.24, 2.45) is 5.92 Å². The van der Waals surface area contributed by atoms with E-state index in [4.69, 9.17) is 9.26 Å². The number of piperidine rings is 1. The van der Waals surface area contributed by atoms with Crippen molar-refractivity contribution in [1.82, 2.24) is 15.0 Å². The van der Waals surface area contributed by atoms with Gasteiger partial charge in [0.2, 0.25) is 5.91 Å². The monoisotopic (exact) mass is 383 g/mol. The van der Waals surface area contributed by atoms with Crippen molar-refractivity contribution in [3.05, 3.63) is 41.5 Å². The molecular weight excluding hydrogens is 354 g/mol. The van der Waals surface area contributed by atoms with Crippen molar-refractivity contribution < 1.29 is 14.1 Å². The van der Waals surface area contributed by atoms with Crippen LogP contribution in [-0.4, -0.2) is 34.0 Å². The molecule has 1 aromatic heterocycles. The van der Waals surface area contributed by atoms with Crippen LogP contribution in [0.3, 0.4) is 0 Å². The van der Waals surface area contributed by atoms with Crippen molar-refractivity contribution in [3.63, 3.8) is 0 Å². The average molecular weight is 383 g/mol. The van der Waals surface area contributed by atoms with Crippen LogP contribution in [0, 0.1) is 12.8 Å². The van der Waals surface area contributed by atoms with Gasteiger partial charge >= 0.3 is 0 Å². The van der Waals surface area contributed by atoms with Gasteiger partial charge in [0, 0.05) is 25.4 Å². The van der Waals surface area contributed by atoms with Gasteiger partial charge in [0.15, 0.2) is 12.4 Å². The number of likely N-dealkylation sites (tertiary alicyclic amines) is 1. The number of benzene rings is 1. The van der Waals surface area contributed by atoms with Crippen molar-refractivity contribution in [1.29, 1.82) is 0 Å². The normalized spacial score (nSPS) is 18.5. The van der Waals surface area contributed by atoms with E-state index in [2.05, 4.69) is 10.1 Å². The number of hydrogen-bond acceptors (Lipinski definition) is 5. The Morgan fingerprint density at radius 3 is 2.57 bits per heavy atom. The van der Waals surface area contributed by atoms with Gasteiger partial charge in [-0.2, -0.15) is 4.98 Å². The summed E-state index contributed by atoms with van der Waals surface area (Å²) in [5, 5.41) is 4.15. The molecule has 0 atom stereocenters. The molecule has 2 heterocycles. The second-order valence-electron chi connectivity index (χ2n) is 8.16. The summed E-state index contributed by atoms with van der Waals surface area (Å²) in [6.45, 7) is 3.90. The van der Waals surface area contributed by atoms with E-state index in [9.17, 15) is 4.79 Å². The Kier molecular flexibility index (Phi) is 5.93. The van der Waals surface area contributed by atoms with Crippen LogP contribution in [0.5, 0.6) is 5.75 Å². The maximum Gasteiger partial charge on any atom is 0.264 e. The Labute approximate surface area is 166 Å². The van der Waals surface area contributed by atoms with Crippen LogP contribution >= 0.6 is 0 Å². The van der Waals surface area contributed by atoms with Crippen LogP contribution in [0.4, 0.5) is 0 Å². The predicted octanol–water partition coefficient (Wildman–Crippen LogP) is 4.24. The van der Waals surface area contributed by atoms with Gasteiger partial charge in [-0.05, 0) is 50.7 Å². The molecule has 6 heteroatoms. The third-order valence-corrected chi connectivity index (χ3v) is 6.02. The van der Waals surface area contributed by atoms with Crippen LogP contribution < -0.4 is 4.74 Å². The molecule has 6 nitrogen and oxygen atoms in total. The Morgan fingerprint density at radius 1 is 1.14 bits per heavy atom. The van der Waals surface area contributed by atoms with Gasteiger partial charge in [-0.15, -0.1) is 0 Å². The molecule has 0 bridgehead atoms. The van der Waals surface area contributed by atoms with Gasteiger partial charge in [-0.25, -0.2) is 0 Å². The minimum atomic E-state index is 0.257. The molecule has 2 fully saturated rings. The highest BCUT2D eigenvalue weighted by Gasteiger charge is 2.28. The Bertz CT molecular complexity index is 773. The second kappa shape index (κ2) is 8.76. The fourth-order valence-corrected chi connectivity index (χ4v) is 4.25. The highest BCUT2D eigenvalue weighted by atomic mass is 16.5. The predicted molar refractivity (Wildman–Crippen MR) is 105 cm³/mol. The lowest BCUT2D eigenvalue weighted by atomic mass is 9.95. The zero-order valence-corrected chi connectivity index (χ0v) is 16.6. The summed E-state index contributed by atoms with van der Waals surface area (Å²) in [6.07, 6.45) is 7.54. The molecular formula is C22H29N3O3. The van der Waals surface area contributed by atoms with Crippen LogP contribution in [0.15, 0.2) is 28.8 Å². The van der Waals surface area contributed by atoms with Crippen LogP contribution in [-0.2, 0) is 11.4 Å². The molecule has 0 radical (unpaired) electrons. The lowest BCUT2D eigenvalue weighted by Crippen LogP contribution is -2.38. The quantitative estimate of drug-likeness (QED) is 0.746. The maximum absolute atomic E-state index is 12.5. The molecule has 0 unspecified atom stereocenters. The van der Waals surface area contributed by atoms with Crippen LogP contribution in [0.25, 0.3) is 0 Å². The van der Waals surface area contributed by atoms with E-state index in [0.717, 1.165) is 43.9 Å². The van der Waals surface area contributed by atoms with Gasteiger partial charge in [0.1, 0.15) is 5.75 Å². The number of carbonyl (C=O) groups is 1. The molecule has 4 rings (SSSR count). The SMILES string of the molecule is Cc1ccc(OCc2nc(C3CCN(C(=O)CC4CCCC4)CC3)no2)cc1. The Balaban J connectivity index is 1.24. The number of carbonyl (C=O) groups excluding carboxylic acids is 1. The first-order valence-electron chi connectivity index (χ1n) is 10.5. The minimum absolute atomic E-state index is 0.257. The van der Waals surface area contributed by atoms with Gasteiger partial charge in [0.25, 0.3) is 5.89 Å². The van der Waals surface area contributed by atoms with E-state index >= 15 is 0 Å². The van der Waals surface area contributed by atoms with Crippen LogP contribution in [0.1, 0.15) is 68.1 Å². The first kappa shape index (κ1) is 19.0. The molecule has 1 aliphatic carbocycles. The Hall–Kier alpha value is -2.37. The molecule has 0 N–H and O–H groups in total. The highest BCUT2D eigenvalue weighted by molar-refractivity contribution is 5.76. The molecule has 2 aromatic rings. The number of amides is 1. The molecule has 150 valence electrons. The van der Waals surface area contributed by atoms with E-state index in [0.29, 0.717) is 17.7 Å². The Morgan fingerprint density at radius 2 is 1.86 bits per heavy atom. The number of ether oxygens (including phenoxy) is 1. The molecule has 1 saturated heterocycles. The minimum Gasteiger partial charge on any atom is -0.484 e. The topological polar surface area (TPSA) is 68.5 Å². The molecule has 1 aromatic carbocycles. The lowest BCUT2D eigenvalue weighted by Gasteiger charge is -2.31. The van der Waals surface area contributed by atoms with E-state index in [1.165, 1.54) is 31.2 Å². The molecule has 1 amide bonds. The van der Waals surface area contributed by atoms with Gasteiger partial charge in [-0.3, -0.25) is 4.79 Å². The van der Waals surface area contributed by atoms with Crippen molar-refractivity contribution in [2.75, 3.05) is 13.1 Å². The zero-order valence-electron chi connectivity index (χ0n) is 16.6. The summed E-state index contributed by atoms with van der Waals surface area (Å²) < 4.78 is 11.1. The largest absolute Gasteiger partial charge is 0.484 e. The number of aromatic nitrogens is 2. The van der Waals surface area contributed by atoms with Gasteiger partial charge < -0.3 is 14.2 Å². The van der Waals surface area contributed by atoms with Crippen molar-refractivity contribution >= 4 is 5.91 Å². The summed E-state index contributed by atoms with van der Waals surface area (Å²) in [5.74, 6) is 3.22. The van der Waals surface area contributed by atoms with Crippen molar-refractivity contribution in [3.8, 4) is 5.75 Å². The van der Waals surface area contributed by atoms with E-state index in [1.807, 2.05) is 36.1 Å². The number of rotatable bonds is 6. The molecule has 28 heavy (non-hydrogen) atoms. The first-order valence-corrected chi connectivity index (χ1v) is 10.5. The van der Waals surface area contributed by atoms with Crippen LogP contribution in [0.2, 0.25) is 0 Å². The third-order valence-electron chi connectivity index (χ3n) is 6.02. The zero-order chi connectivity index (χ0) is 19.3. The smallest absolute Gasteiger partial charge is 0.264 e. The third kappa shape index (κ3) is 4.72. The molecule has 1 aliphatic heterocycles. The second-order valence-corrected chi connectivity index (χ2v) is 8.16. The summed E-state index contributed by atoms with van der Waals surface area (Å²) >= 11 is 0. The van der Waals surface area contributed by atoms with Gasteiger partial charge in [0.05, 0.1) is 0 Å². The van der Waals surface area contributed by atoms with E-state index in [-0.39, 0.29) is 12.5 Å². The standard InChI is InChI=1S/C22H29N3O3/c1-16-6-8-19(9-7-16)27-15-20-23-22(24-28-20)18-10-12-25(13-11-18)21(26)14-17-4-2-3-5-17/h6-9,17-18H,2-5,10-15H2,1H3. The number of aryl methyl sites for hydroxylation is 1. The fraction of sp³-hybridized carbons (Fsp3) is 0.591. The van der Waals surface area contributed by atoms with Gasteiger partial charge in [-0.1, -0.05) is 35.7 Å². The molecule has 0 spiro atoms. The highest BCUT2D eigenvalue weighted by Crippen LogP contribution is 2.30. The summed E-state index contributed by atoms with van der Waals surface area (Å²) in [7, 11) is 0.